The molecule has 0 bridgehead atoms. The number of likely N-dealkylation sites (N-methyl/N-ethyl adjacent to an activating group) is 1. The minimum atomic E-state index is -0.456. The minimum Gasteiger partial charge on any atom is -0.365 e. The van der Waals surface area contributed by atoms with Crippen LogP contribution in [-0.2, 0) is 24.2 Å². The first-order chi connectivity index (χ1) is 11.5. The lowest BCUT2D eigenvalue weighted by atomic mass is 10.1. The van der Waals surface area contributed by atoms with E-state index in [-0.39, 0.29) is 12.5 Å². The van der Waals surface area contributed by atoms with Crippen molar-refractivity contribution in [1.29, 1.82) is 0 Å². The molecular weight excluding hydrogens is 322 g/mol. The van der Waals surface area contributed by atoms with Gasteiger partial charge in [0.05, 0.1) is 12.1 Å². The largest absolute Gasteiger partial charge is 0.365 e. The molecule has 0 atom stereocenters. The topological polar surface area (TPSA) is 75.4 Å². The Labute approximate surface area is 145 Å². The highest BCUT2D eigenvalue weighted by Crippen LogP contribution is 2.38. The smallest absolute Gasteiger partial charge is 0.251 e. The van der Waals surface area contributed by atoms with Gasteiger partial charge < -0.3 is 11.1 Å². The molecule has 1 aromatic heterocycles. The second-order valence-corrected chi connectivity index (χ2v) is 7.24. The molecule has 0 fully saturated rings. The van der Waals surface area contributed by atoms with E-state index in [9.17, 15) is 9.59 Å². The number of hydrogen-bond acceptors (Lipinski definition) is 4. The molecule has 1 heterocycles. The summed E-state index contributed by atoms with van der Waals surface area (Å²) < 4.78 is 0. The molecule has 0 unspecified atom stereocenters. The zero-order chi connectivity index (χ0) is 17.1. The maximum atomic E-state index is 12.3. The van der Waals surface area contributed by atoms with Crippen molar-refractivity contribution in [3.63, 3.8) is 0 Å². The van der Waals surface area contributed by atoms with Crippen LogP contribution in [0.1, 0.15) is 32.8 Å². The van der Waals surface area contributed by atoms with Crippen LogP contribution < -0.4 is 11.1 Å². The molecule has 3 rings (SSSR count). The summed E-state index contributed by atoms with van der Waals surface area (Å²) in [6.45, 7) is 0.952. The summed E-state index contributed by atoms with van der Waals surface area (Å²) >= 11 is 1.49. The number of benzene rings is 1. The van der Waals surface area contributed by atoms with Crippen LogP contribution in [0.15, 0.2) is 30.3 Å². The fraction of sp³-hybridized carbons (Fsp3) is 0.333. The number of anilines is 1. The number of fused-ring (bicyclic) bond motifs is 1. The van der Waals surface area contributed by atoms with E-state index in [1.54, 1.807) is 0 Å². The van der Waals surface area contributed by atoms with Gasteiger partial charge in [-0.15, -0.1) is 11.3 Å². The molecule has 0 saturated heterocycles. The molecule has 24 heavy (non-hydrogen) atoms. The fourth-order valence-corrected chi connectivity index (χ4v) is 4.43. The second kappa shape index (κ2) is 7.15. The predicted octanol–water partition coefficient (Wildman–Crippen LogP) is 2.41. The van der Waals surface area contributed by atoms with E-state index in [0.717, 1.165) is 30.4 Å². The maximum absolute atomic E-state index is 12.3. The summed E-state index contributed by atoms with van der Waals surface area (Å²) in [5.74, 6) is -0.585. The van der Waals surface area contributed by atoms with E-state index < -0.39 is 5.91 Å². The third kappa shape index (κ3) is 3.66. The Kier molecular flexibility index (Phi) is 4.97. The first-order valence-electron chi connectivity index (χ1n) is 8.01. The van der Waals surface area contributed by atoms with Gasteiger partial charge in [0.15, 0.2) is 0 Å². The maximum Gasteiger partial charge on any atom is 0.251 e. The first-order valence-corrected chi connectivity index (χ1v) is 8.83. The Balaban J connectivity index is 1.64. The first kappa shape index (κ1) is 16.7. The van der Waals surface area contributed by atoms with Gasteiger partial charge in [0.1, 0.15) is 5.00 Å². The molecule has 0 aliphatic heterocycles. The van der Waals surface area contributed by atoms with Crippen molar-refractivity contribution in [1.82, 2.24) is 4.90 Å². The molecule has 6 heteroatoms. The van der Waals surface area contributed by atoms with E-state index >= 15 is 0 Å². The monoisotopic (exact) mass is 343 g/mol. The lowest BCUT2D eigenvalue weighted by Gasteiger charge is -2.16. The van der Waals surface area contributed by atoms with Crippen molar-refractivity contribution in [2.75, 3.05) is 18.9 Å². The number of nitrogens with one attached hydrogen (secondary N) is 1. The van der Waals surface area contributed by atoms with Crippen LogP contribution in [-0.4, -0.2) is 30.3 Å². The van der Waals surface area contributed by atoms with Gasteiger partial charge in [0, 0.05) is 11.4 Å². The average Bonchev–Trinajstić information content (AvgIpc) is 3.07. The summed E-state index contributed by atoms with van der Waals surface area (Å²) in [4.78, 5) is 27.2. The van der Waals surface area contributed by atoms with Crippen molar-refractivity contribution in [3.05, 3.63) is 51.9 Å². The van der Waals surface area contributed by atoms with Crippen molar-refractivity contribution in [2.45, 2.75) is 25.8 Å². The second-order valence-electron chi connectivity index (χ2n) is 6.13. The van der Waals surface area contributed by atoms with Gasteiger partial charge in [-0.3, -0.25) is 14.5 Å². The molecule has 2 aromatic rings. The van der Waals surface area contributed by atoms with E-state index in [1.807, 2.05) is 42.3 Å². The SMILES string of the molecule is CN(CC(=O)Nc1sc2c(c1C(N)=O)CCC2)Cc1ccccc1. The summed E-state index contributed by atoms with van der Waals surface area (Å²) in [6.07, 6.45) is 2.88. The number of nitrogens with two attached hydrogens (primary N) is 1. The predicted molar refractivity (Wildman–Crippen MR) is 96.3 cm³/mol. The third-order valence-electron chi connectivity index (χ3n) is 4.13. The van der Waals surface area contributed by atoms with E-state index in [0.29, 0.717) is 17.1 Å². The van der Waals surface area contributed by atoms with Crippen LogP contribution in [0.3, 0.4) is 0 Å². The number of rotatable bonds is 6. The average molecular weight is 343 g/mol. The molecule has 3 N–H and O–H groups in total. The van der Waals surface area contributed by atoms with Crippen LogP contribution in [0.5, 0.6) is 0 Å². The zero-order valence-electron chi connectivity index (χ0n) is 13.7. The lowest BCUT2D eigenvalue weighted by molar-refractivity contribution is -0.117. The molecule has 2 amide bonds. The molecule has 1 aromatic carbocycles. The van der Waals surface area contributed by atoms with Gasteiger partial charge in [0.25, 0.3) is 5.91 Å². The van der Waals surface area contributed by atoms with Gasteiger partial charge in [-0.05, 0) is 37.4 Å². The van der Waals surface area contributed by atoms with Gasteiger partial charge in [-0.2, -0.15) is 0 Å². The quantitative estimate of drug-likeness (QED) is 0.846. The van der Waals surface area contributed by atoms with Crippen LogP contribution in [0.25, 0.3) is 0 Å². The molecule has 1 aliphatic carbocycles. The number of hydrogen-bond donors (Lipinski definition) is 2. The summed E-state index contributed by atoms with van der Waals surface area (Å²) in [6, 6.07) is 10.00. The number of thiophene rings is 1. The molecular formula is C18H21N3O2S. The summed E-state index contributed by atoms with van der Waals surface area (Å²) in [5, 5.41) is 3.48. The summed E-state index contributed by atoms with van der Waals surface area (Å²) in [7, 11) is 1.90. The van der Waals surface area contributed by atoms with Gasteiger partial charge in [-0.1, -0.05) is 30.3 Å². The van der Waals surface area contributed by atoms with Gasteiger partial charge in [0.2, 0.25) is 5.91 Å². The van der Waals surface area contributed by atoms with Crippen LogP contribution >= 0.6 is 11.3 Å². The van der Waals surface area contributed by atoms with Crippen LogP contribution in [0, 0.1) is 0 Å². The van der Waals surface area contributed by atoms with Crippen LogP contribution in [0.2, 0.25) is 0 Å². The number of nitrogens with zero attached hydrogens (tertiary/aromatic N) is 1. The van der Waals surface area contributed by atoms with Gasteiger partial charge >= 0.3 is 0 Å². The van der Waals surface area contributed by atoms with E-state index in [4.69, 9.17) is 5.73 Å². The van der Waals surface area contributed by atoms with Crippen LogP contribution in [0.4, 0.5) is 5.00 Å². The number of amides is 2. The molecule has 0 spiro atoms. The van der Waals surface area contributed by atoms with Crippen molar-refractivity contribution >= 4 is 28.2 Å². The Morgan fingerprint density at radius 1 is 1.25 bits per heavy atom. The van der Waals surface area contributed by atoms with Crippen molar-refractivity contribution < 1.29 is 9.59 Å². The number of primary amides is 1. The lowest BCUT2D eigenvalue weighted by Crippen LogP contribution is -2.30. The molecule has 0 saturated carbocycles. The van der Waals surface area contributed by atoms with Crippen molar-refractivity contribution in [2.24, 2.45) is 5.73 Å². The normalized spacial score (nSPS) is 13.1. The van der Waals surface area contributed by atoms with Crippen molar-refractivity contribution in [3.8, 4) is 0 Å². The third-order valence-corrected chi connectivity index (χ3v) is 5.34. The highest BCUT2D eigenvalue weighted by atomic mass is 32.1. The standard InChI is InChI=1S/C18H21N3O2S/c1-21(10-12-6-3-2-4-7-12)11-15(22)20-18-16(17(19)23)13-8-5-9-14(13)24-18/h2-4,6-7H,5,8-11H2,1H3,(H2,19,23)(H,20,22). The molecule has 126 valence electrons. The Bertz CT molecular complexity index is 755. The minimum absolute atomic E-state index is 0.129. The highest BCUT2D eigenvalue weighted by Gasteiger charge is 2.26. The Morgan fingerprint density at radius 3 is 2.71 bits per heavy atom. The molecule has 1 aliphatic rings. The Hall–Kier alpha value is -2.18. The van der Waals surface area contributed by atoms with Gasteiger partial charge in [-0.25, -0.2) is 0 Å². The summed E-state index contributed by atoms with van der Waals surface area (Å²) in [5.41, 5.74) is 8.20. The number of carbonyl (C=O) groups excluding carboxylic acids is 2. The van der Waals surface area contributed by atoms with E-state index in [1.165, 1.54) is 16.2 Å². The molecule has 5 nitrogen and oxygen atoms in total. The van der Waals surface area contributed by atoms with E-state index in [2.05, 4.69) is 5.32 Å². The number of aryl methyl sites for hydroxylation is 1. The number of carbonyl (C=O) groups is 2. The molecule has 0 radical (unpaired) electrons. The fourth-order valence-electron chi connectivity index (χ4n) is 3.12. The highest BCUT2D eigenvalue weighted by molar-refractivity contribution is 7.17. The Morgan fingerprint density at radius 2 is 2.00 bits per heavy atom. The zero-order valence-corrected chi connectivity index (χ0v) is 14.5.